The van der Waals surface area contributed by atoms with E-state index in [0.717, 1.165) is 37.7 Å². The summed E-state index contributed by atoms with van der Waals surface area (Å²) in [6, 6.07) is 29.3. The Morgan fingerprint density at radius 1 is 0.477 bits per heavy atom. The Balaban J connectivity index is 1.49. The Hall–Kier alpha value is -5.85. The number of aromatic amines is 4. The van der Waals surface area contributed by atoms with Crippen LogP contribution >= 0.6 is 0 Å². The van der Waals surface area contributed by atoms with Gasteiger partial charge in [0, 0.05) is 37.7 Å². The highest BCUT2D eigenvalue weighted by Gasteiger charge is 2.17. The van der Waals surface area contributed by atoms with Gasteiger partial charge < -0.3 is 19.9 Å². The highest BCUT2D eigenvalue weighted by Crippen LogP contribution is 2.39. The zero-order valence-corrected chi connectivity index (χ0v) is 23.5. The summed E-state index contributed by atoms with van der Waals surface area (Å²) in [6.07, 6.45) is 0. The molecule has 0 amide bonds. The SMILES string of the molecule is O=S(O)Nc1cccc2c3[nH]c(c12)N=c1[nH]c(c2ccccc12)=Nc1[nH]c(c2ccccc12)N=c1[nH]c(c2ccccc12)=N3. The van der Waals surface area contributed by atoms with Gasteiger partial charge in [0.1, 0.15) is 45.2 Å². The Labute approximate surface area is 249 Å². The molecule has 0 spiro atoms. The van der Waals surface area contributed by atoms with E-state index in [0.29, 0.717) is 56.3 Å². The van der Waals surface area contributed by atoms with Crippen molar-refractivity contribution in [1.29, 1.82) is 0 Å². The average molecular weight is 596 g/mol. The van der Waals surface area contributed by atoms with Gasteiger partial charge in [-0.2, -0.15) is 0 Å². The largest absolute Gasteiger partial charge is 0.324 e. The fourth-order valence-electron chi connectivity index (χ4n) is 6.00. The lowest BCUT2D eigenvalue weighted by molar-refractivity contribution is 0.570. The van der Waals surface area contributed by atoms with E-state index in [9.17, 15) is 8.76 Å². The maximum atomic E-state index is 11.9. The van der Waals surface area contributed by atoms with Gasteiger partial charge in [0.2, 0.25) is 0 Å². The normalized spacial score (nSPS) is 13.4. The molecule has 212 valence electrons. The first kappa shape index (κ1) is 24.7. The maximum absolute atomic E-state index is 11.9. The third-order valence-corrected chi connectivity index (χ3v) is 8.30. The standard InChI is InChI=1S/C32H21N9O2S/c42-44(43)41-23-15-7-14-22-24(23)32-39-30-21-13-6-5-12-20(21)28(37-30)35-26-17-9-2-1-8-16(17)25(33-26)34-27-18-10-3-4-11-19(18)29(36-27)38-31(22)40-32/h1-15,41H,(H,42,43)(H4,33,34,35,36,37,38,39,40). The van der Waals surface area contributed by atoms with Crippen LogP contribution in [0.1, 0.15) is 0 Å². The van der Waals surface area contributed by atoms with E-state index in [-0.39, 0.29) is 0 Å². The molecule has 0 radical (unpaired) electrons. The van der Waals surface area contributed by atoms with Crippen molar-refractivity contribution in [3.63, 3.8) is 0 Å². The number of hydrogen-bond donors (Lipinski definition) is 6. The third kappa shape index (κ3) is 3.75. The summed E-state index contributed by atoms with van der Waals surface area (Å²) in [5, 5.41) is 6.77. The Morgan fingerprint density at radius 3 is 1.34 bits per heavy atom. The smallest absolute Gasteiger partial charge is 0.259 e. The van der Waals surface area contributed by atoms with E-state index >= 15 is 0 Å². The van der Waals surface area contributed by atoms with E-state index in [1.165, 1.54) is 0 Å². The first-order valence-electron chi connectivity index (χ1n) is 13.8. The van der Waals surface area contributed by atoms with Crippen LogP contribution in [0.4, 0.5) is 29.0 Å². The fourth-order valence-corrected chi connectivity index (χ4v) is 6.36. The number of nitrogens with zero attached hydrogens (tertiary/aromatic N) is 4. The number of rotatable bonds is 2. The van der Waals surface area contributed by atoms with Gasteiger partial charge in [0.05, 0.1) is 11.1 Å². The Morgan fingerprint density at radius 2 is 0.864 bits per heavy atom. The van der Waals surface area contributed by atoms with Crippen LogP contribution in [-0.2, 0) is 11.3 Å². The van der Waals surface area contributed by atoms with Crippen molar-refractivity contribution in [3.8, 4) is 0 Å². The minimum Gasteiger partial charge on any atom is -0.324 e. The average Bonchev–Trinajstić information content (AvgIpc) is 3.77. The molecule has 1 atom stereocenters. The molecule has 9 rings (SSSR count). The van der Waals surface area contributed by atoms with Crippen LogP contribution in [0.25, 0.3) is 43.1 Å². The van der Waals surface area contributed by atoms with Gasteiger partial charge in [0.25, 0.3) is 11.3 Å². The molecule has 4 aromatic carbocycles. The summed E-state index contributed by atoms with van der Waals surface area (Å²) < 4.78 is 24.2. The van der Waals surface area contributed by atoms with Crippen molar-refractivity contribution < 1.29 is 8.76 Å². The second-order valence-corrected chi connectivity index (χ2v) is 11.2. The van der Waals surface area contributed by atoms with Gasteiger partial charge in [-0.3, -0.25) is 9.27 Å². The van der Waals surface area contributed by atoms with Crippen molar-refractivity contribution in [2.45, 2.75) is 0 Å². The van der Waals surface area contributed by atoms with Gasteiger partial charge in [-0.05, 0) is 6.07 Å². The number of fused-ring (bicyclic) bond motifs is 20. The molecule has 11 nitrogen and oxygen atoms in total. The van der Waals surface area contributed by atoms with Crippen LogP contribution < -0.4 is 26.7 Å². The topological polar surface area (TPSA) is 162 Å². The molecule has 5 heterocycles. The van der Waals surface area contributed by atoms with Crippen molar-refractivity contribution in [2.24, 2.45) is 20.0 Å². The molecule has 44 heavy (non-hydrogen) atoms. The minimum atomic E-state index is -2.30. The highest BCUT2D eigenvalue weighted by molar-refractivity contribution is 7.80. The van der Waals surface area contributed by atoms with E-state index in [4.69, 9.17) is 20.0 Å². The number of anilines is 1. The minimum absolute atomic E-state index is 0.440. The molecule has 4 aromatic heterocycles. The highest BCUT2D eigenvalue weighted by atomic mass is 32.2. The molecule has 1 aliphatic heterocycles. The number of benzene rings is 4. The number of nitrogens with one attached hydrogen (secondary N) is 5. The molecule has 0 aliphatic carbocycles. The number of H-pyrrole nitrogens is 4. The summed E-state index contributed by atoms with van der Waals surface area (Å²) >= 11 is -2.30. The summed E-state index contributed by atoms with van der Waals surface area (Å²) in [7, 11) is 0. The summed E-state index contributed by atoms with van der Waals surface area (Å²) in [6.45, 7) is 0. The van der Waals surface area contributed by atoms with Crippen LogP contribution in [0.3, 0.4) is 0 Å². The van der Waals surface area contributed by atoms with Crippen molar-refractivity contribution in [2.75, 3.05) is 4.72 Å². The summed E-state index contributed by atoms with van der Waals surface area (Å²) in [5.74, 6) is 2.33. The van der Waals surface area contributed by atoms with Crippen LogP contribution in [0.5, 0.6) is 0 Å². The van der Waals surface area contributed by atoms with Gasteiger partial charge in [-0.1, -0.05) is 84.9 Å². The van der Waals surface area contributed by atoms with Crippen LogP contribution in [-0.4, -0.2) is 28.7 Å². The van der Waals surface area contributed by atoms with E-state index in [1.54, 1.807) is 12.1 Å². The lowest BCUT2D eigenvalue weighted by atomic mass is 10.1. The van der Waals surface area contributed by atoms with Gasteiger partial charge in [-0.15, -0.1) is 0 Å². The molecule has 1 aliphatic rings. The van der Waals surface area contributed by atoms with Crippen LogP contribution in [0.2, 0.25) is 0 Å². The van der Waals surface area contributed by atoms with E-state index in [1.807, 2.05) is 78.9 Å². The number of aromatic nitrogens is 4. The fraction of sp³-hybridized carbons (Fsp3) is 0. The van der Waals surface area contributed by atoms with Crippen molar-refractivity contribution in [3.05, 3.63) is 113 Å². The third-order valence-electron chi connectivity index (χ3n) is 7.91. The molecule has 8 bridgehead atoms. The monoisotopic (exact) mass is 595 g/mol. The zero-order valence-electron chi connectivity index (χ0n) is 22.7. The first-order valence-corrected chi connectivity index (χ1v) is 14.9. The second-order valence-electron chi connectivity index (χ2n) is 10.5. The maximum Gasteiger partial charge on any atom is 0.259 e. The van der Waals surface area contributed by atoms with E-state index < -0.39 is 11.3 Å². The summed E-state index contributed by atoms with van der Waals surface area (Å²) in [4.78, 5) is 33.8. The molecule has 12 heteroatoms. The van der Waals surface area contributed by atoms with E-state index in [2.05, 4.69) is 24.7 Å². The first-order chi connectivity index (χ1) is 21.6. The quantitative estimate of drug-likeness (QED) is 0.150. The molecule has 6 N–H and O–H groups in total. The van der Waals surface area contributed by atoms with Crippen molar-refractivity contribution >= 4 is 83.3 Å². The predicted molar refractivity (Wildman–Crippen MR) is 171 cm³/mol. The molecule has 0 saturated heterocycles. The molecular formula is C32H21N9O2S. The number of hydrogen-bond acceptors (Lipinski definition) is 5. The molecule has 8 aromatic rings. The van der Waals surface area contributed by atoms with Gasteiger partial charge >= 0.3 is 0 Å². The lowest BCUT2D eigenvalue weighted by Gasteiger charge is -2.03. The lowest BCUT2D eigenvalue weighted by Crippen LogP contribution is -2.10. The van der Waals surface area contributed by atoms with Crippen molar-refractivity contribution in [1.82, 2.24) is 19.9 Å². The van der Waals surface area contributed by atoms with Crippen LogP contribution in [0.15, 0.2) is 111 Å². The Kier molecular flexibility index (Phi) is 5.24. The Bertz CT molecular complexity index is 2750. The van der Waals surface area contributed by atoms with Gasteiger partial charge in [0.15, 0.2) is 0 Å². The molecular weight excluding hydrogens is 574 g/mol. The molecule has 1 unspecified atom stereocenters. The molecule has 0 saturated carbocycles. The predicted octanol–water partition coefficient (Wildman–Crippen LogP) is 5.28. The summed E-state index contributed by atoms with van der Waals surface area (Å²) in [5.41, 5.74) is 2.91. The zero-order chi connectivity index (χ0) is 29.4. The van der Waals surface area contributed by atoms with Gasteiger partial charge in [-0.25, -0.2) is 24.2 Å². The van der Waals surface area contributed by atoms with Crippen LogP contribution in [0, 0.1) is 0 Å². The second kappa shape index (κ2) is 9.33. The molecule has 0 fully saturated rings.